The Balaban J connectivity index is 4.13. The van der Waals surface area contributed by atoms with Gasteiger partial charge in [-0.2, -0.15) is 0 Å². The number of alkyl halides is 1. The molecule has 3 nitrogen and oxygen atoms in total. The van der Waals surface area contributed by atoms with Crippen LogP contribution in [-0.2, 0) is 4.74 Å². The van der Waals surface area contributed by atoms with Crippen LogP contribution < -0.4 is 0 Å². The minimum absolute atomic E-state index is 0.187. The lowest BCUT2D eigenvalue weighted by molar-refractivity contribution is 0.116. The minimum atomic E-state index is -0.444. The van der Waals surface area contributed by atoms with Gasteiger partial charge in [0.2, 0.25) is 0 Å². The molecule has 0 aromatic rings. The average Bonchev–Trinajstić information content (AvgIpc) is 2.26. The molecule has 0 unspecified atom stereocenters. The first-order valence-corrected chi connectivity index (χ1v) is 5.65. The van der Waals surface area contributed by atoms with Crippen molar-refractivity contribution in [1.82, 2.24) is 4.90 Å². The highest BCUT2D eigenvalue weighted by molar-refractivity contribution is 6.25. The molecule has 86 valence electrons. The lowest BCUT2D eigenvalue weighted by Gasteiger charge is -2.18. The zero-order chi connectivity index (χ0) is 11.5. The Labute approximate surface area is 104 Å². The predicted octanol–water partition coefficient (Wildman–Crippen LogP) is 3.17. The van der Waals surface area contributed by atoms with Gasteiger partial charge in [0.1, 0.15) is 6.61 Å². The van der Waals surface area contributed by atoms with E-state index >= 15 is 0 Å². The summed E-state index contributed by atoms with van der Waals surface area (Å²) in [5.41, 5.74) is 2.68. The van der Waals surface area contributed by atoms with Gasteiger partial charge in [-0.1, -0.05) is 35.4 Å². The summed E-state index contributed by atoms with van der Waals surface area (Å²) in [4.78, 5) is 12.8. The third-order valence-electron chi connectivity index (χ3n) is 1.39. The molecule has 0 heterocycles. The van der Waals surface area contributed by atoms with E-state index in [9.17, 15) is 4.79 Å². The highest BCUT2D eigenvalue weighted by Gasteiger charge is 2.11. The van der Waals surface area contributed by atoms with Gasteiger partial charge in [-0.15, -0.1) is 11.6 Å². The van der Waals surface area contributed by atoms with Crippen molar-refractivity contribution >= 4 is 40.9 Å². The predicted molar refractivity (Wildman–Crippen MR) is 63.6 cm³/mol. The molecule has 0 aliphatic rings. The fourth-order valence-corrected chi connectivity index (χ4v) is 1.01. The fraction of sp³-hybridized carbons (Fsp3) is 0.444. The van der Waals surface area contributed by atoms with E-state index in [4.69, 9.17) is 39.5 Å². The van der Waals surface area contributed by atoms with Gasteiger partial charge in [0.15, 0.2) is 0 Å². The van der Waals surface area contributed by atoms with E-state index in [2.05, 4.69) is 0 Å². The van der Waals surface area contributed by atoms with Crippen LogP contribution in [0.15, 0.2) is 23.2 Å². The van der Waals surface area contributed by atoms with Gasteiger partial charge in [-0.05, 0) is 0 Å². The second-order valence-corrected chi connectivity index (χ2v) is 3.31. The van der Waals surface area contributed by atoms with Crippen molar-refractivity contribution in [2.24, 2.45) is 0 Å². The molecular weight excluding hydrogens is 260 g/mol. The van der Waals surface area contributed by atoms with Crippen molar-refractivity contribution < 1.29 is 9.53 Å². The summed E-state index contributed by atoms with van der Waals surface area (Å²) in [6.45, 7) is 0.920. The third kappa shape index (κ3) is 7.54. The second-order valence-electron chi connectivity index (χ2n) is 2.43. The van der Waals surface area contributed by atoms with E-state index in [1.165, 1.54) is 16.0 Å². The monoisotopic (exact) mass is 271 g/mol. The number of nitrogens with zero attached hydrogens (tertiary/aromatic N) is 1. The van der Waals surface area contributed by atoms with E-state index in [-0.39, 0.29) is 12.5 Å². The largest absolute Gasteiger partial charge is 0.448 e. The molecule has 0 rings (SSSR count). The van der Waals surface area contributed by atoms with Crippen molar-refractivity contribution in [2.45, 2.75) is 0 Å². The quantitative estimate of drug-likeness (QED) is 0.695. The molecule has 0 saturated heterocycles. The summed E-state index contributed by atoms with van der Waals surface area (Å²) in [5, 5.41) is 0. The van der Waals surface area contributed by atoms with Gasteiger partial charge in [0, 0.05) is 24.2 Å². The van der Waals surface area contributed by atoms with Crippen LogP contribution in [-0.4, -0.2) is 36.6 Å². The van der Waals surface area contributed by atoms with Gasteiger partial charge in [-0.3, -0.25) is 0 Å². The van der Waals surface area contributed by atoms with Gasteiger partial charge in [-0.25, -0.2) is 4.79 Å². The Morgan fingerprint density at radius 1 is 1.20 bits per heavy atom. The number of amides is 1. The molecule has 0 spiro atoms. The molecule has 0 bridgehead atoms. The van der Waals surface area contributed by atoms with E-state index in [0.29, 0.717) is 13.1 Å². The van der Waals surface area contributed by atoms with Gasteiger partial charge < -0.3 is 9.64 Å². The molecule has 0 aliphatic heterocycles. The van der Waals surface area contributed by atoms with Crippen LogP contribution in [0.3, 0.4) is 0 Å². The fourth-order valence-electron chi connectivity index (χ4n) is 0.775. The standard InChI is InChI=1S/C9H12Cl3NO2/c10-3-1-6-13(7-2-4-11)9(14)15-8-5-12/h1-4H,5-8H2. The Kier molecular flexibility index (Phi) is 9.89. The van der Waals surface area contributed by atoms with Gasteiger partial charge >= 0.3 is 6.09 Å². The van der Waals surface area contributed by atoms with E-state index in [1.807, 2.05) is 0 Å². The van der Waals surface area contributed by atoms with Crippen LogP contribution in [0.5, 0.6) is 0 Å². The molecule has 1 amide bonds. The number of carbonyl (C=O) groups excluding carboxylic acids is 1. The van der Waals surface area contributed by atoms with Crippen molar-refractivity contribution in [1.29, 1.82) is 0 Å². The smallest absolute Gasteiger partial charge is 0.410 e. The first-order chi connectivity index (χ1) is 7.26. The molecule has 0 aromatic heterocycles. The molecular formula is C9H12Cl3NO2. The molecule has 6 heteroatoms. The average molecular weight is 273 g/mol. The molecule has 0 saturated carbocycles. The Hall–Kier alpha value is -0.380. The normalized spacial score (nSPS) is 11.1. The lowest BCUT2D eigenvalue weighted by Crippen LogP contribution is -2.32. The van der Waals surface area contributed by atoms with Gasteiger partial charge in [0.25, 0.3) is 0 Å². The van der Waals surface area contributed by atoms with Crippen LogP contribution in [0.2, 0.25) is 0 Å². The molecule has 0 radical (unpaired) electrons. The first kappa shape index (κ1) is 14.6. The lowest BCUT2D eigenvalue weighted by atomic mass is 10.5. The zero-order valence-electron chi connectivity index (χ0n) is 8.04. The zero-order valence-corrected chi connectivity index (χ0v) is 10.3. The molecule has 0 N–H and O–H groups in total. The summed E-state index contributed by atoms with van der Waals surface area (Å²) < 4.78 is 4.85. The molecule has 0 aromatic carbocycles. The van der Waals surface area contributed by atoms with Crippen LogP contribution in [0.25, 0.3) is 0 Å². The van der Waals surface area contributed by atoms with Crippen LogP contribution in [0, 0.1) is 0 Å². The number of ether oxygens (including phenoxy) is 1. The molecule has 0 aliphatic carbocycles. The number of carbonyl (C=O) groups is 1. The Morgan fingerprint density at radius 2 is 1.73 bits per heavy atom. The molecule has 0 atom stereocenters. The maximum absolute atomic E-state index is 11.4. The number of hydrogen-bond acceptors (Lipinski definition) is 2. The summed E-state index contributed by atoms with van der Waals surface area (Å²) in [6, 6.07) is 0. The maximum atomic E-state index is 11.4. The van der Waals surface area contributed by atoms with Crippen molar-refractivity contribution in [3.63, 3.8) is 0 Å². The van der Waals surface area contributed by atoms with Crippen LogP contribution in [0.1, 0.15) is 0 Å². The number of rotatable bonds is 6. The van der Waals surface area contributed by atoms with E-state index < -0.39 is 6.09 Å². The van der Waals surface area contributed by atoms with E-state index in [1.54, 1.807) is 12.2 Å². The Bertz CT molecular complexity index is 217. The highest BCUT2D eigenvalue weighted by Crippen LogP contribution is 1.97. The van der Waals surface area contributed by atoms with Crippen molar-refractivity contribution in [3.05, 3.63) is 23.2 Å². The van der Waals surface area contributed by atoms with Gasteiger partial charge in [0.05, 0.1) is 5.88 Å². The third-order valence-corrected chi connectivity index (χ3v) is 1.90. The van der Waals surface area contributed by atoms with Crippen molar-refractivity contribution in [2.75, 3.05) is 25.6 Å². The molecule has 0 fully saturated rings. The summed E-state index contributed by atoms with van der Waals surface area (Å²) in [5.74, 6) is 0.274. The second kappa shape index (κ2) is 10.1. The van der Waals surface area contributed by atoms with Crippen LogP contribution >= 0.6 is 34.8 Å². The van der Waals surface area contributed by atoms with Crippen molar-refractivity contribution in [3.8, 4) is 0 Å². The summed E-state index contributed by atoms with van der Waals surface area (Å²) in [7, 11) is 0. The topological polar surface area (TPSA) is 29.5 Å². The molecule has 15 heavy (non-hydrogen) atoms. The SMILES string of the molecule is O=C(OCCCl)N(CC=CCl)CC=CCl. The first-order valence-electron chi connectivity index (χ1n) is 4.24. The highest BCUT2D eigenvalue weighted by atomic mass is 35.5. The minimum Gasteiger partial charge on any atom is -0.448 e. The summed E-state index contributed by atoms with van der Waals surface area (Å²) in [6.07, 6.45) is 2.82. The summed E-state index contributed by atoms with van der Waals surface area (Å²) >= 11 is 16.1. The maximum Gasteiger partial charge on any atom is 0.410 e. The number of hydrogen-bond donors (Lipinski definition) is 0. The number of halogens is 3. The van der Waals surface area contributed by atoms with Crippen LogP contribution in [0.4, 0.5) is 4.79 Å². The Morgan fingerprint density at radius 3 is 2.13 bits per heavy atom. The van der Waals surface area contributed by atoms with E-state index in [0.717, 1.165) is 0 Å².